The molecule has 20 heavy (non-hydrogen) atoms. The molecule has 1 aromatic carbocycles. The van der Waals surface area contributed by atoms with Crippen molar-refractivity contribution in [1.82, 2.24) is 4.98 Å². The highest BCUT2D eigenvalue weighted by Gasteiger charge is 2.20. The van der Waals surface area contributed by atoms with Crippen LogP contribution in [0.4, 0.5) is 5.69 Å². The van der Waals surface area contributed by atoms with Crippen molar-refractivity contribution in [2.24, 2.45) is 0 Å². The summed E-state index contributed by atoms with van der Waals surface area (Å²) >= 11 is 15.1. The Hall–Kier alpha value is -0.820. The highest BCUT2D eigenvalue weighted by Crippen LogP contribution is 2.30. The molecule has 4 nitrogen and oxygen atoms in total. The number of benzene rings is 1. The molecule has 0 amide bonds. The van der Waals surface area contributed by atoms with E-state index < -0.39 is 10.0 Å². The van der Waals surface area contributed by atoms with Crippen LogP contribution in [0.25, 0.3) is 0 Å². The minimum Gasteiger partial charge on any atom is -0.276 e. The molecule has 0 fully saturated rings. The van der Waals surface area contributed by atoms with E-state index in [1.807, 2.05) is 0 Å². The third kappa shape index (κ3) is 3.25. The van der Waals surface area contributed by atoms with Gasteiger partial charge in [-0.2, -0.15) is 0 Å². The van der Waals surface area contributed by atoms with Gasteiger partial charge in [0.25, 0.3) is 10.0 Å². The number of aromatic nitrogens is 1. The van der Waals surface area contributed by atoms with Crippen LogP contribution in [-0.2, 0) is 10.0 Å². The van der Waals surface area contributed by atoms with Gasteiger partial charge in [0.1, 0.15) is 4.90 Å². The number of nitrogens with zero attached hydrogens (tertiary/aromatic N) is 1. The Kier molecular flexibility index (Phi) is 4.59. The Balaban J connectivity index is 2.46. The van der Waals surface area contributed by atoms with E-state index in [1.54, 1.807) is 19.1 Å². The van der Waals surface area contributed by atoms with E-state index in [9.17, 15) is 8.42 Å². The highest BCUT2D eigenvalue weighted by molar-refractivity contribution is 9.10. The van der Waals surface area contributed by atoms with E-state index in [1.165, 1.54) is 18.3 Å². The minimum absolute atomic E-state index is 0.0262. The topological polar surface area (TPSA) is 59.1 Å². The van der Waals surface area contributed by atoms with E-state index in [2.05, 4.69) is 25.6 Å². The minimum atomic E-state index is -3.83. The van der Waals surface area contributed by atoms with Crippen LogP contribution in [-0.4, -0.2) is 13.4 Å². The summed E-state index contributed by atoms with van der Waals surface area (Å²) in [5.41, 5.74) is 0.912. The quantitative estimate of drug-likeness (QED) is 0.789. The lowest BCUT2D eigenvalue weighted by Crippen LogP contribution is -2.15. The third-order valence-corrected chi connectivity index (χ3v) is 5.15. The first-order valence-electron chi connectivity index (χ1n) is 5.40. The summed E-state index contributed by atoms with van der Waals surface area (Å²) < 4.78 is 27.8. The van der Waals surface area contributed by atoms with Gasteiger partial charge in [-0.25, -0.2) is 13.4 Å². The van der Waals surface area contributed by atoms with E-state index in [0.29, 0.717) is 10.0 Å². The second-order valence-corrected chi connectivity index (χ2v) is 7.31. The molecule has 0 unspecified atom stereocenters. The second kappa shape index (κ2) is 5.89. The summed E-state index contributed by atoms with van der Waals surface area (Å²) in [5, 5.41) is 0.200. The van der Waals surface area contributed by atoms with Crippen molar-refractivity contribution in [3.05, 3.63) is 50.7 Å². The molecule has 1 N–H and O–H groups in total. The molecule has 0 saturated carbocycles. The molecule has 1 aromatic heterocycles. The molecule has 0 aliphatic carbocycles. The molecule has 0 saturated heterocycles. The summed E-state index contributed by atoms with van der Waals surface area (Å²) in [6.45, 7) is 1.73. The Morgan fingerprint density at radius 1 is 1.25 bits per heavy atom. The first-order valence-corrected chi connectivity index (χ1v) is 8.43. The number of halogens is 3. The Morgan fingerprint density at radius 2 is 1.95 bits per heavy atom. The molecule has 106 valence electrons. The number of nitrogens with one attached hydrogen (secondary N) is 1. The molecule has 0 aliphatic heterocycles. The van der Waals surface area contributed by atoms with E-state index >= 15 is 0 Å². The molecule has 0 aliphatic rings. The van der Waals surface area contributed by atoms with Gasteiger partial charge >= 0.3 is 0 Å². The molecule has 8 heteroatoms. The number of hydrogen-bond acceptors (Lipinski definition) is 3. The van der Waals surface area contributed by atoms with Crippen LogP contribution < -0.4 is 4.72 Å². The Bertz CT molecular complexity index is 746. The maximum absolute atomic E-state index is 12.3. The van der Waals surface area contributed by atoms with Crippen LogP contribution in [0.15, 0.2) is 39.8 Å². The van der Waals surface area contributed by atoms with Crippen LogP contribution in [0.1, 0.15) is 5.56 Å². The average Bonchev–Trinajstić information content (AvgIpc) is 2.33. The number of anilines is 1. The molecule has 0 radical (unpaired) electrons. The van der Waals surface area contributed by atoms with E-state index in [4.69, 9.17) is 23.2 Å². The lowest BCUT2D eigenvalue weighted by atomic mass is 10.3. The van der Waals surface area contributed by atoms with Gasteiger partial charge in [0.2, 0.25) is 0 Å². The highest BCUT2D eigenvalue weighted by atomic mass is 79.9. The van der Waals surface area contributed by atoms with Gasteiger partial charge in [-0.3, -0.25) is 4.72 Å². The first-order chi connectivity index (χ1) is 9.31. The third-order valence-electron chi connectivity index (χ3n) is 2.53. The van der Waals surface area contributed by atoms with Gasteiger partial charge in [-0.1, -0.05) is 39.1 Å². The first kappa shape index (κ1) is 15.6. The second-order valence-electron chi connectivity index (χ2n) is 3.97. The average molecular weight is 396 g/mol. The van der Waals surface area contributed by atoms with Crippen LogP contribution in [0, 0.1) is 6.92 Å². The summed E-state index contributed by atoms with van der Waals surface area (Å²) in [4.78, 5) is 3.83. The number of sulfonamides is 1. The maximum atomic E-state index is 12.3. The molecule has 2 aromatic rings. The predicted molar refractivity (Wildman–Crippen MR) is 83.9 cm³/mol. The summed E-state index contributed by atoms with van der Waals surface area (Å²) in [7, 11) is -3.83. The number of rotatable bonds is 3. The van der Waals surface area contributed by atoms with E-state index in [0.717, 1.165) is 0 Å². The molecule has 1 heterocycles. The molecule has 0 bridgehead atoms. The predicted octanol–water partition coefficient (Wildman–Crippen LogP) is 4.26. The summed E-state index contributed by atoms with van der Waals surface area (Å²) in [6.07, 6.45) is 1.50. The van der Waals surface area contributed by atoms with Gasteiger partial charge < -0.3 is 0 Å². The van der Waals surface area contributed by atoms with Crippen molar-refractivity contribution < 1.29 is 8.42 Å². The lowest BCUT2D eigenvalue weighted by Gasteiger charge is -2.12. The van der Waals surface area contributed by atoms with Gasteiger partial charge in [-0.05, 0) is 36.8 Å². The number of hydrogen-bond donors (Lipinski definition) is 1. The van der Waals surface area contributed by atoms with Crippen LogP contribution >= 0.6 is 39.1 Å². The van der Waals surface area contributed by atoms with Crippen molar-refractivity contribution in [1.29, 1.82) is 0 Å². The smallest absolute Gasteiger partial charge is 0.263 e. The summed E-state index contributed by atoms with van der Waals surface area (Å²) in [6, 6.07) is 6.17. The number of pyridine rings is 1. The molecular formula is C12H9BrCl2N2O2S. The van der Waals surface area contributed by atoms with Crippen molar-refractivity contribution in [3.63, 3.8) is 0 Å². The van der Waals surface area contributed by atoms with Crippen molar-refractivity contribution in [3.8, 4) is 0 Å². The van der Waals surface area contributed by atoms with Gasteiger partial charge in [0.05, 0.1) is 10.7 Å². The SMILES string of the molecule is Cc1ccnc(Cl)c1NS(=O)(=O)c1ccc(Br)cc1Cl. The molecule has 2 rings (SSSR count). The van der Waals surface area contributed by atoms with Gasteiger partial charge in [0.15, 0.2) is 5.15 Å². The van der Waals surface area contributed by atoms with Gasteiger partial charge in [0, 0.05) is 10.7 Å². The molecule has 0 atom stereocenters. The number of aryl methyl sites for hydroxylation is 1. The fraction of sp³-hybridized carbons (Fsp3) is 0.0833. The van der Waals surface area contributed by atoms with E-state index in [-0.39, 0.29) is 20.8 Å². The largest absolute Gasteiger partial charge is 0.276 e. The van der Waals surface area contributed by atoms with Crippen LogP contribution in [0.2, 0.25) is 10.2 Å². The standard InChI is InChI=1S/C12H9BrCl2N2O2S/c1-7-4-5-16-12(15)11(7)17-20(18,19)10-3-2-8(13)6-9(10)14/h2-6,17H,1H3. The Morgan fingerprint density at radius 3 is 2.55 bits per heavy atom. The fourth-order valence-corrected chi connectivity index (χ4v) is 4.02. The fourth-order valence-electron chi connectivity index (χ4n) is 1.53. The van der Waals surface area contributed by atoms with Crippen LogP contribution in [0.5, 0.6) is 0 Å². The van der Waals surface area contributed by atoms with Crippen molar-refractivity contribution >= 4 is 54.8 Å². The zero-order valence-electron chi connectivity index (χ0n) is 10.2. The van der Waals surface area contributed by atoms with Crippen molar-refractivity contribution in [2.45, 2.75) is 11.8 Å². The van der Waals surface area contributed by atoms with Crippen molar-refractivity contribution in [2.75, 3.05) is 4.72 Å². The Labute approximate surface area is 135 Å². The maximum Gasteiger partial charge on any atom is 0.263 e. The molecule has 0 spiro atoms. The monoisotopic (exact) mass is 394 g/mol. The lowest BCUT2D eigenvalue weighted by molar-refractivity contribution is 0.601. The molecular weight excluding hydrogens is 387 g/mol. The van der Waals surface area contributed by atoms with Crippen LogP contribution in [0.3, 0.4) is 0 Å². The zero-order chi connectivity index (χ0) is 14.9. The summed E-state index contributed by atoms with van der Waals surface area (Å²) in [5.74, 6) is 0. The van der Waals surface area contributed by atoms with Gasteiger partial charge in [-0.15, -0.1) is 0 Å². The normalized spacial score (nSPS) is 11.4. The zero-order valence-corrected chi connectivity index (χ0v) is 14.1.